The molecular formula is C15H23N3O2. The first-order valence-electron chi connectivity index (χ1n) is 7.17. The smallest absolute Gasteiger partial charge is 0.140 e. The third-order valence-corrected chi connectivity index (χ3v) is 3.59. The SMILES string of the molecule is N/C(CCN(CC1CCCCO1)c1ccccc1)=N\O. The van der Waals surface area contributed by atoms with Gasteiger partial charge in [0.2, 0.25) is 0 Å². The second-order valence-corrected chi connectivity index (χ2v) is 5.11. The lowest BCUT2D eigenvalue weighted by Crippen LogP contribution is -2.37. The number of rotatable bonds is 6. The Labute approximate surface area is 120 Å². The van der Waals surface area contributed by atoms with E-state index in [1.807, 2.05) is 18.2 Å². The summed E-state index contributed by atoms with van der Waals surface area (Å²) in [5.41, 5.74) is 6.72. The van der Waals surface area contributed by atoms with Crippen molar-refractivity contribution in [2.45, 2.75) is 31.8 Å². The minimum absolute atomic E-state index is 0.260. The molecule has 0 amide bonds. The van der Waals surface area contributed by atoms with Crippen molar-refractivity contribution in [2.24, 2.45) is 10.9 Å². The number of amidine groups is 1. The summed E-state index contributed by atoms with van der Waals surface area (Å²) in [5, 5.41) is 11.7. The van der Waals surface area contributed by atoms with E-state index in [0.717, 1.165) is 38.2 Å². The van der Waals surface area contributed by atoms with Gasteiger partial charge in [-0.1, -0.05) is 23.4 Å². The highest BCUT2D eigenvalue weighted by Gasteiger charge is 2.18. The van der Waals surface area contributed by atoms with Crippen molar-refractivity contribution < 1.29 is 9.94 Å². The first-order valence-corrected chi connectivity index (χ1v) is 7.17. The van der Waals surface area contributed by atoms with Gasteiger partial charge < -0.3 is 20.6 Å². The zero-order valence-corrected chi connectivity index (χ0v) is 11.7. The molecule has 0 bridgehead atoms. The summed E-state index contributed by atoms with van der Waals surface area (Å²) in [7, 11) is 0. The van der Waals surface area contributed by atoms with Crippen LogP contribution in [0.2, 0.25) is 0 Å². The second kappa shape index (κ2) is 7.75. The average Bonchev–Trinajstić information content (AvgIpc) is 2.53. The van der Waals surface area contributed by atoms with E-state index in [1.165, 1.54) is 6.42 Å². The van der Waals surface area contributed by atoms with Gasteiger partial charge in [-0.05, 0) is 31.4 Å². The summed E-state index contributed by atoms with van der Waals surface area (Å²) < 4.78 is 5.81. The van der Waals surface area contributed by atoms with Gasteiger partial charge in [0.15, 0.2) is 0 Å². The monoisotopic (exact) mass is 277 g/mol. The number of anilines is 1. The number of hydrogen-bond donors (Lipinski definition) is 2. The Balaban J connectivity index is 1.99. The Kier molecular flexibility index (Phi) is 5.68. The number of oxime groups is 1. The maximum atomic E-state index is 8.66. The minimum atomic E-state index is 0.260. The van der Waals surface area contributed by atoms with E-state index in [1.54, 1.807) is 0 Å². The molecule has 20 heavy (non-hydrogen) atoms. The third-order valence-electron chi connectivity index (χ3n) is 3.59. The number of benzene rings is 1. The zero-order valence-electron chi connectivity index (χ0n) is 11.7. The van der Waals surface area contributed by atoms with Gasteiger partial charge >= 0.3 is 0 Å². The number of para-hydroxylation sites is 1. The third kappa shape index (κ3) is 4.42. The van der Waals surface area contributed by atoms with Crippen LogP contribution < -0.4 is 10.6 Å². The topological polar surface area (TPSA) is 71.1 Å². The quantitative estimate of drug-likeness (QED) is 0.362. The molecule has 5 heteroatoms. The summed E-state index contributed by atoms with van der Waals surface area (Å²) in [6.45, 7) is 2.43. The molecule has 0 aliphatic carbocycles. The van der Waals surface area contributed by atoms with Crippen LogP contribution >= 0.6 is 0 Å². The summed E-state index contributed by atoms with van der Waals surface area (Å²) in [5.74, 6) is 0.260. The summed E-state index contributed by atoms with van der Waals surface area (Å²) in [6, 6.07) is 10.2. The second-order valence-electron chi connectivity index (χ2n) is 5.11. The molecule has 1 heterocycles. The number of nitrogens with two attached hydrogens (primary N) is 1. The van der Waals surface area contributed by atoms with E-state index >= 15 is 0 Å². The number of ether oxygens (including phenoxy) is 1. The van der Waals surface area contributed by atoms with Crippen molar-refractivity contribution in [2.75, 3.05) is 24.6 Å². The summed E-state index contributed by atoms with van der Waals surface area (Å²) >= 11 is 0. The molecule has 0 aromatic heterocycles. The first kappa shape index (κ1) is 14.7. The minimum Gasteiger partial charge on any atom is -0.409 e. The van der Waals surface area contributed by atoms with Crippen molar-refractivity contribution in [3.05, 3.63) is 30.3 Å². The van der Waals surface area contributed by atoms with Gasteiger partial charge in [-0.3, -0.25) is 0 Å². The van der Waals surface area contributed by atoms with Crippen LogP contribution in [0.3, 0.4) is 0 Å². The molecule has 3 N–H and O–H groups in total. The molecule has 1 atom stereocenters. The molecule has 0 radical (unpaired) electrons. The fraction of sp³-hybridized carbons (Fsp3) is 0.533. The molecule has 1 aliphatic rings. The van der Waals surface area contributed by atoms with Crippen molar-refractivity contribution in [1.29, 1.82) is 0 Å². The van der Waals surface area contributed by atoms with E-state index in [-0.39, 0.29) is 11.9 Å². The molecule has 1 saturated heterocycles. The Bertz CT molecular complexity index is 416. The average molecular weight is 277 g/mol. The van der Waals surface area contributed by atoms with Crippen molar-refractivity contribution >= 4 is 11.5 Å². The molecule has 1 fully saturated rings. The van der Waals surface area contributed by atoms with Crippen molar-refractivity contribution in [3.63, 3.8) is 0 Å². The maximum absolute atomic E-state index is 8.66. The van der Waals surface area contributed by atoms with Crippen LogP contribution in [0.15, 0.2) is 35.5 Å². The van der Waals surface area contributed by atoms with E-state index in [9.17, 15) is 0 Å². The lowest BCUT2D eigenvalue weighted by atomic mass is 10.1. The molecule has 0 spiro atoms. The fourth-order valence-corrected chi connectivity index (χ4v) is 2.46. The number of nitrogens with zero attached hydrogens (tertiary/aromatic N) is 2. The largest absolute Gasteiger partial charge is 0.409 e. The molecule has 1 unspecified atom stereocenters. The highest BCUT2D eigenvalue weighted by Crippen LogP contribution is 2.19. The molecule has 2 rings (SSSR count). The summed E-state index contributed by atoms with van der Waals surface area (Å²) in [4.78, 5) is 2.24. The molecule has 1 aromatic carbocycles. The lowest BCUT2D eigenvalue weighted by molar-refractivity contribution is 0.0210. The maximum Gasteiger partial charge on any atom is 0.140 e. The predicted octanol–water partition coefficient (Wildman–Crippen LogP) is 2.20. The van der Waals surface area contributed by atoms with Gasteiger partial charge in [-0.25, -0.2) is 0 Å². The van der Waals surface area contributed by atoms with Gasteiger partial charge in [0.25, 0.3) is 0 Å². The predicted molar refractivity (Wildman–Crippen MR) is 80.3 cm³/mol. The van der Waals surface area contributed by atoms with Crippen molar-refractivity contribution in [1.82, 2.24) is 0 Å². The van der Waals surface area contributed by atoms with Gasteiger partial charge in [-0.2, -0.15) is 0 Å². The molecule has 5 nitrogen and oxygen atoms in total. The van der Waals surface area contributed by atoms with Gasteiger partial charge in [0.1, 0.15) is 5.84 Å². The van der Waals surface area contributed by atoms with E-state index in [2.05, 4.69) is 22.2 Å². The fourth-order valence-electron chi connectivity index (χ4n) is 2.46. The molecule has 1 aromatic rings. The van der Waals surface area contributed by atoms with Crippen LogP contribution in [0.5, 0.6) is 0 Å². The Hall–Kier alpha value is -1.75. The number of hydrogen-bond acceptors (Lipinski definition) is 4. The Morgan fingerprint density at radius 3 is 2.80 bits per heavy atom. The van der Waals surface area contributed by atoms with Crippen LogP contribution in [0.1, 0.15) is 25.7 Å². The van der Waals surface area contributed by atoms with E-state index < -0.39 is 0 Å². The molecule has 0 saturated carbocycles. The zero-order chi connectivity index (χ0) is 14.2. The van der Waals surface area contributed by atoms with E-state index in [4.69, 9.17) is 15.7 Å². The highest BCUT2D eigenvalue weighted by molar-refractivity contribution is 5.80. The Morgan fingerprint density at radius 2 is 2.15 bits per heavy atom. The van der Waals surface area contributed by atoms with Crippen LogP contribution in [0, 0.1) is 0 Å². The molecule has 1 aliphatic heterocycles. The van der Waals surface area contributed by atoms with Crippen molar-refractivity contribution in [3.8, 4) is 0 Å². The van der Waals surface area contributed by atoms with Crippen LogP contribution in [0.25, 0.3) is 0 Å². The normalized spacial score (nSPS) is 19.8. The molecule has 110 valence electrons. The van der Waals surface area contributed by atoms with Crippen LogP contribution in [-0.4, -0.2) is 36.8 Å². The van der Waals surface area contributed by atoms with E-state index in [0.29, 0.717) is 6.42 Å². The highest BCUT2D eigenvalue weighted by atomic mass is 16.5. The van der Waals surface area contributed by atoms with Gasteiger partial charge in [0.05, 0.1) is 6.10 Å². The van der Waals surface area contributed by atoms with Crippen LogP contribution in [0.4, 0.5) is 5.69 Å². The lowest BCUT2D eigenvalue weighted by Gasteiger charge is -2.31. The molecular weight excluding hydrogens is 254 g/mol. The standard InChI is InChI=1S/C15H23N3O2/c16-15(17-19)9-10-18(13-6-2-1-3-7-13)12-14-8-4-5-11-20-14/h1-3,6-7,14,19H,4-5,8-12H2,(H2,16,17). The first-order chi connectivity index (χ1) is 9.79. The summed E-state index contributed by atoms with van der Waals surface area (Å²) in [6.07, 6.45) is 4.31. The van der Waals surface area contributed by atoms with Gasteiger partial charge in [-0.15, -0.1) is 0 Å². The van der Waals surface area contributed by atoms with Gasteiger partial charge in [0, 0.05) is 31.8 Å². The van der Waals surface area contributed by atoms with Crippen LogP contribution in [-0.2, 0) is 4.74 Å². The Morgan fingerprint density at radius 1 is 1.35 bits per heavy atom.